The molecule has 1 heterocycles. The van der Waals surface area contributed by atoms with E-state index in [0.717, 1.165) is 11.1 Å². The fourth-order valence-corrected chi connectivity index (χ4v) is 2.52. The van der Waals surface area contributed by atoms with Crippen molar-refractivity contribution in [3.63, 3.8) is 0 Å². The molecule has 0 aliphatic carbocycles. The Hall–Kier alpha value is -1.76. The van der Waals surface area contributed by atoms with Gasteiger partial charge in [0.15, 0.2) is 0 Å². The summed E-state index contributed by atoms with van der Waals surface area (Å²) in [6, 6.07) is 9.24. The van der Waals surface area contributed by atoms with Crippen molar-refractivity contribution in [1.82, 2.24) is 4.98 Å². The van der Waals surface area contributed by atoms with E-state index in [1.807, 2.05) is 26.0 Å². The molecule has 1 unspecified atom stereocenters. The molecule has 0 amide bonds. The van der Waals surface area contributed by atoms with Crippen LogP contribution < -0.4 is 5.32 Å². The maximum Gasteiger partial charge on any atom is 0.144 e. The summed E-state index contributed by atoms with van der Waals surface area (Å²) in [5, 5.41) is 13.6. The number of nitrogens with zero attached hydrogens (tertiary/aromatic N) is 2. The molecule has 0 spiro atoms. The highest BCUT2D eigenvalue weighted by Crippen LogP contribution is 2.29. The quantitative estimate of drug-likeness (QED) is 0.891. The summed E-state index contributed by atoms with van der Waals surface area (Å²) in [5.41, 5.74) is 2.34. The molecular formula is C15H13Cl2N3. The van der Waals surface area contributed by atoms with Gasteiger partial charge < -0.3 is 5.32 Å². The van der Waals surface area contributed by atoms with Gasteiger partial charge in [0.2, 0.25) is 0 Å². The first-order valence-electron chi connectivity index (χ1n) is 6.10. The topological polar surface area (TPSA) is 48.7 Å². The first-order valence-corrected chi connectivity index (χ1v) is 6.85. The third-order valence-corrected chi connectivity index (χ3v) is 3.62. The number of nitriles is 1. The molecule has 1 aromatic carbocycles. The first-order chi connectivity index (χ1) is 9.52. The number of hydrogen-bond acceptors (Lipinski definition) is 3. The Labute approximate surface area is 128 Å². The van der Waals surface area contributed by atoms with Crippen molar-refractivity contribution in [2.24, 2.45) is 0 Å². The van der Waals surface area contributed by atoms with Gasteiger partial charge in [-0.2, -0.15) is 5.26 Å². The minimum absolute atomic E-state index is 0.0823. The van der Waals surface area contributed by atoms with Gasteiger partial charge in [0.25, 0.3) is 0 Å². The maximum absolute atomic E-state index is 9.20. The Morgan fingerprint density at radius 1 is 1.30 bits per heavy atom. The Balaban J connectivity index is 2.31. The van der Waals surface area contributed by atoms with E-state index in [1.165, 1.54) is 0 Å². The lowest BCUT2D eigenvalue weighted by atomic mass is 10.1. The predicted molar refractivity (Wildman–Crippen MR) is 82.2 cm³/mol. The van der Waals surface area contributed by atoms with Crippen molar-refractivity contribution < 1.29 is 0 Å². The van der Waals surface area contributed by atoms with Crippen LogP contribution in [0, 0.1) is 18.3 Å². The average Bonchev–Trinajstić information content (AvgIpc) is 2.38. The van der Waals surface area contributed by atoms with Crippen molar-refractivity contribution in [1.29, 1.82) is 5.26 Å². The summed E-state index contributed by atoms with van der Waals surface area (Å²) in [4.78, 5) is 4.22. The van der Waals surface area contributed by atoms with E-state index in [9.17, 15) is 5.26 Å². The Kier molecular flexibility index (Phi) is 4.49. The minimum atomic E-state index is -0.0823. The van der Waals surface area contributed by atoms with Gasteiger partial charge in [0, 0.05) is 16.2 Å². The standard InChI is InChI=1S/C15H13Cl2N3/c1-9-5-6-19-15(13(9)8-18)20-10(2)12-4-3-11(16)7-14(12)17/h3-7,10H,1-2H3,(H,19,20). The van der Waals surface area contributed by atoms with Crippen LogP contribution in [0.25, 0.3) is 0 Å². The van der Waals surface area contributed by atoms with Gasteiger partial charge in [-0.15, -0.1) is 0 Å². The van der Waals surface area contributed by atoms with E-state index in [0.29, 0.717) is 21.4 Å². The number of nitrogens with one attached hydrogen (secondary N) is 1. The molecule has 3 nitrogen and oxygen atoms in total. The molecule has 1 atom stereocenters. The highest BCUT2D eigenvalue weighted by molar-refractivity contribution is 6.35. The van der Waals surface area contributed by atoms with Gasteiger partial charge >= 0.3 is 0 Å². The normalized spacial score (nSPS) is 11.8. The summed E-state index contributed by atoms with van der Waals surface area (Å²) in [7, 11) is 0. The molecular weight excluding hydrogens is 293 g/mol. The number of hydrogen-bond donors (Lipinski definition) is 1. The highest BCUT2D eigenvalue weighted by Gasteiger charge is 2.13. The van der Waals surface area contributed by atoms with Crippen molar-refractivity contribution >= 4 is 29.0 Å². The summed E-state index contributed by atoms with van der Waals surface area (Å²) in [6.07, 6.45) is 1.68. The van der Waals surface area contributed by atoms with E-state index in [-0.39, 0.29) is 6.04 Å². The molecule has 0 saturated heterocycles. The zero-order chi connectivity index (χ0) is 14.7. The summed E-state index contributed by atoms with van der Waals surface area (Å²) in [5.74, 6) is 0.561. The molecule has 0 saturated carbocycles. The number of pyridine rings is 1. The largest absolute Gasteiger partial charge is 0.362 e. The number of anilines is 1. The predicted octanol–water partition coefficient (Wildman–Crippen LogP) is 4.74. The number of aromatic nitrogens is 1. The monoisotopic (exact) mass is 305 g/mol. The molecule has 2 aromatic rings. The second-order valence-electron chi connectivity index (χ2n) is 4.50. The SMILES string of the molecule is Cc1ccnc(NC(C)c2ccc(Cl)cc2Cl)c1C#N. The maximum atomic E-state index is 9.20. The molecule has 2 rings (SSSR count). The number of benzene rings is 1. The van der Waals surface area contributed by atoms with Gasteiger partial charge in [-0.25, -0.2) is 4.98 Å². The van der Waals surface area contributed by atoms with Crippen LogP contribution in [0.5, 0.6) is 0 Å². The third-order valence-electron chi connectivity index (χ3n) is 3.05. The van der Waals surface area contributed by atoms with Gasteiger partial charge in [0.1, 0.15) is 11.9 Å². The van der Waals surface area contributed by atoms with Gasteiger partial charge in [-0.3, -0.25) is 0 Å². The van der Waals surface area contributed by atoms with Crippen LogP contribution in [0.4, 0.5) is 5.82 Å². The van der Waals surface area contributed by atoms with Crippen molar-refractivity contribution in [3.05, 3.63) is 57.2 Å². The third kappa shape index (κ3) is 3.04. The van der Waals surface area contributed by atoms with Crippen molar-refractivity contribution in [3.8, 4) is 6.07 Å². The van der Waals surface area contributed by atoms with Crippen LogP contribution in [0.15, 0.2) is 30.5 Å². The fourth-order valence-electron chi connectivity index (χ4n) is 1.94. The highest BCUT2D eigenvalue weighted by atomic mass is 35.5. The lowest BCUT2D eigenvalue weighted by Gasteiger charge is -2.17. The van der Waals surface area contributed by atoms with E-state index in [4.69, 9.17) is 23.2 Å². The summed E-state index contributed by atoms with van der Waals surface area (Å²) in [6.45, 7) is 3.84. The molecule has 1 aromatic heterocycles. The number of rotatable bonds is 3. The van der Waals surface area contributed by atoms with Crippen LogP contribution >= 0.6 is 23.2 Å². The molecule has 102 valence electrons. The molecule has 0 radical (unpaired) electrons. The molecule has 5 heteroatoms. The second kappa shape index (κ2) is 6.13. The Morgan fingerprint density at radius 3 is 2.70 bits per heavy atom. The van der Waals surface area contributed by atoms with Crippen LogP contribution in [-0.4, -0.2) is 4.98 Å². The minimum Gasteiger partial charge on any atom is -0.362 e. The van der Waals surface area contributed by atoms with Gasteiger partial charge in [-0.1, -0.05) is 29.3 Å². The van der Waals surface area contributed by atoms with Crippen LogP contribution in [-0.2, 0) is 0 Å². The average molecular weight is 306 g/mol. The molecule has 20 heavy (non-hydrogen) atoms. The van der Waals surface area contributed by atoms with Crippen molar-refractivity contribution in [2.75, 3.05) is 5.32 Å². The first kappa shape index (κ1) is 14.6. The molecule has 0 aliphatic heterocycles. The second-order valence-corrected chi connectivity index (χ2v) is 5.34. The molecule has 0 aliphatic rings. The van der Waals surface area contributed by atoms with Crippen LogP contribution in [0.1, 0.15) is 29.7 Å². The Morgan fingerprint density at radius 2 is 2.05 bits per heavy atom. The number of halogens is 2. The van der Waals surface area contributed by atoms with Gasteiger partial charge in [0.05, 0.1) is 11.6 Å². The summed E-state index contributed by atoms with van der Waals surface area (Å²) >= 11 is 12.1. The lowest BCUT2D eigenvalue weighted by molar-refractivity contribution is 0.873. The molecule has 1 N–H and O–H groups in total. The smallest absolute Gasteiger partial charge is 0.144 e. The lowest BCUT2D eigenvalue weighted by Crippen LogP contribution is -2.10. The van der Waals surface area contributed by atoms with Crippen LogP contribution in [0.2, 0.25) is 10.0 Å². The van der Waals surface area contributed by atoms with E-state index in [1.54, 1.807) is 18.3 Å². The fraction of sp³-hybridized carbons (Fsp3) is 0.200. The van der Waals surface area contributed by atoms with Gasteiger partial charge in [-0.05, 0) is 43.2 Å². The van der Waals surface area contributed by atoms with E-state index in [2.05, 4.69) is 16.4 Å². The number of aryl methyl sites for hydroxylation is 1. The molecule has 0 fully saturated rings. The summed E-state index contributed by atoms with van der Waals surface area (Å²) < 4.78 is 0. The zero-order valence-electron chi connectivity index (χ0n) is 11.1. The zero-order valence-corrected chi connectivity index (χ0v) is 12.6. The van der Waals surface area contributed by atoms with E-state index >= 15 is 0 Å². The van der Waals surface area contributed by atoms with E-state index < -0.39 is 0 Å². The van der Waals surface area contributed by atoms with Crippen molar-refractivity contribution in [2.45, 2.75) is 19.9 Å². The Bertz CT molecular complexity index is 677. The molecule has 0 bridgehead atoms. The van der Waals surface area contributed by atoms with Crippen LogP contribution in [0.3, 0.4) is 0 Å².